The molecule has 100 valence electrons. The van der Waals surface area contributed by atoms with Crippen LogP contribution in [0.1, 0.15) is 6.92 Å². The van der Waals surface area contributed by atoms with Crippen molar-refractivity contribution < 1.29 is 24.8 Å². The molecule has 0 amide bonds. The van der Waals surface area contributed by atoms with E-state index in [2.05, 4.69) is 94.8 Å². The molecule has 5 heteroatoms. The molecule has 0 aliphatic carbocycles. The second-order valence-corrected chi connectivity index (χ2v) is 14.0. The maximum absolute atomic E-state index is 3.17. The molecule has 0 atom stereocenters. The van der Waals surface area contributed by atoms with Gasteiger partial charge in [0, 0.05) is 0 Å². The zero-order valence-electron chi connectivity index (χ0n) is 10.7. The van der Waals surface area contributed by atoms with Crippen molar-refractivity contribution in [3.05, 3.63) is 60.7 Å². The van der Waals surface area contributed by atoms with Crippen LogP contribution >= 0.6 is 16.5 Å². The quantitative estimate of drug-likeness (QED) is 0.425. The Bertz CT molecular complexity index is 428. The molecule has 0 fully saturated rings. The number of hydrogen-bond acceptors (Lipinski definition) is 1. The molecule has 0 saturated heterocycles. The van der Waals surface area contributed by atoms with Gasteiger partial charge in [0.05, 0.1) is 0 Å². The number of benzene rings is 2. The predicted octanol–water partition coefficient (Wildman–Crippen LogP) is -2.85. The molecule has 0 radical (unpaired) electrons. The third-order valence-electron chi connectivity index (χ3n) is 2.78. The standard InChI is InChI=1S/C14H15PS.Al.2ClH/c1-2-16-15(13-9-5-3-6-10-13)14-11-7-4-8-12-14;;;/h3-12H,2H2,1H3;;2*1H/q;+1;;/p-1. The van der Waals surface area contributed by atoms with Gasteiger partial charge in [0.1, 0.15) is 0 Å². The molecule has 0 aromatic heterocycles. The largest absolute Gasteiger partial charge is 1.00 e. The summed E-state index contributed by atoms with van der Waals surface area (Å²) in [5, 5.41) is 1.28. The summed E-state index contributed by atoms with van der Waals surface area (Å²) in [6, 6.07) is 21.8. The van der Waals surface area contributed by atoms with Crippen molar-refractivity contribution >= 4 is 42.9 Å². The maximum atomic E-state index is 3.17. The monoisotopic (exact) mass is 344 g/mol. The molecular formula is C14H16AlCl2PS. The molecule has 0 unspecified atom stereocenters. The van der Waals surface area contributed by atoms with E-state index >= 15 is 0 Å². The summed E-state index contributed by atoms with van der Waals surface area (Å²) in [4.78, 5) is 0. The first kappa shape index (κ1) is 19.3. The van der Waals surface area contributed by atoms with Crippen LogP contribution in [0.4, 0.5) is 0 Å². The predicted molar refractivity (Wildman–Crippen MR) is 84.4 cm³/mol. The molecule has 2 aromatic rings. The Morgan fingerprint density at radius 3 is 1.53 bits per heavy atom. The van der Waals surface area contributed by atoms with E-state index in [-0.39, 0.29) is 24.8 Å². The van der Waals surface area contributed by atoms with Gasteiger partial charge in [-0.05, 0) is 0 Å². The average molecular weight is 345 g/mol. The van der Waals surface area contributed by atoms with E-state index in [9.17, 15) is 0 Å². The fourth-order valence-electron chi connectivity index (χ4n) is 1.93. The second-order valence-electron chi connectivity index (χ2n) is 3.90. The number of hydrogen-bond donors (Lipinski definition) is 0. The SMILES string of the molecule is CCS[PH]([Al+2])(c1ccccc1)c1ccccc1.[Cl-].[Cl-]. The minimum absolute atomic E-state index is 0. The molecular weight excluding hydrogens is 329 g/mol. The van der Waals surface area contributed by atoms with Gasteiger partial charge in [-0.1, -0.05) is 0 Å². The van der Waals surface area contributed by atoms with Crippen LogP contribution in [0.5, 0.6) is 0 Å². The van der Waals surface area contributed by atoms with Gasteiger partial charge in [0.25, 0.3) is 0 Å². The van der Waals surface area contributed by atoms with Gasteiger partial charge >= 0.3 is 116 Å². The summed E-state index contributed by atoms with van der Waals surface area (Å²) in [5.74, 6) is 1.15. The van der Waals surface area contributed by atoms with E-state index in [0.29, 0.717) is 0 Å². The Morgan fingerprint density at radius 1 is 0.842 bits per heavy atom. The first-order chi connectivity index (χ1) is 8.27. The third-order valence-corrected chi connectivity index (χ3v) is 13.0. The van der Waals surface area contributed by atoms with Crippen LogP contribution in [0.15, 0.2) is 60.7 Å². The summed E-state index contributed by atoms with van der Waals surface area (Å²) in [6.07, 6.45) is 0. The van der Waals surface area contributed by atoms with Crippen LogP contribution in [-0.4, -0.2) is 21.6 Å². The van der Waals surface area contributed by atoms with E-state index in [0.717, 1.165) is 5.75 Å². The molecule has 2 aromatic carbocycles. The Kier molecular flexibility index (Phi) is 9.46. The van der Waals surface area contributed by atoms with Crippen molar-refractivity contribution in [3.63, 3.8) is 0 Å². The Hall–Kier alpha value is 0.332. The zero-order valence-corrected chi connectivity index (χ0v) is 15.2. The van der Waals surface area contributed by atoms with E-state index in [1.165, 1.54) is 10.6 Å². The van der Waals surface area contributed by atoms with Crippen molar-refractivity contribution in [2.75, 3.05) is 5.75 Å². The van der Waals surface area contributed by atoms with Gasteiger partial charge in [-0.25, -0.2) is 0 Å². The summed E-state index contributed by atoms with van der Waals surface area (Å²) in [5.41, 5.74) is 0. The van der Waals surface area contributed by atoms with Crippen molar-refractivity contribution in [1.82, 2.24) is 0 Å². The number of rotatable bonds is 4. The first-order valence-corrected chi connectivity index (χ1v) is 11.3. The van der Waals surface area contributed by atoms with Crippen molar-refractivity contribution in [2.45, 2.75) is 6.92 Å². The summed E-state index contributed by atoms with van der Waals surface area (Å²) < 4.78 is 0. The summed E-state index contributed by atoms with van der Waals surface area (Å²) in [6.45, 7) is 2.24. The normalized spacial score (nSPS) is 11.1. The Morgan fingerprint density at radius 2 is 1.21 bits per heavy atom. The molecule has 0 nitrogen and oxygen atoms in total. The zero-order chi connectivity index (χ0) is 12.1. The second kappa shape index (κ2) is 9.30. The first-order valence-electron chi connectivity index (χ1n) is 5.81. The van der Waals surface area contributed by atoms with Crippen molar-refractivity contribution in [3.8, 4) is 0 Å². The van der Waals surface area contributed by atoms with Crippen molar-refractivity contribution in [2.24, 2.45) is 0 Å². The van der Waals surface area contributed by atoms with E-state index in [4.69, 9.17) is 0 Å². The molecule has 0 aliphatic rings. The van der Waals surface area contributed by atoms with E-state index < -0.39 is 5.11 Å². The molecule has 0 aliphatic heterocycles. The molecule has 0 N–H and O–H groups in total. The number of halogens is 2. The van der Waals surface area contributed by atoms with Gasteiger partial charge in [0.15, 0.2) is 0 Å². The van der Waals surface area contributed by atoms with Crippen LogP contribution in [0.25, 0.3) is 0 Å². The third kappa shape index (κ3) is 4.68. The fraction of sp³-hybridized carbons (Fsp3) is 0.143. The van der Waals surface area contributed by atoms with Gasteiger partial charge in [0.2, 0.25) is 0 Å². The van der Waals surface area contributed by atoms with Gasteiger partial charge in [-0.3, -0.25) is 0 Å². The average Bonchev–Trinajstić information content (AvgIpc) is 2.41. The molecule has 0 heterocycles. The van der Waals surface area contributed by atoms with Gasteiger partial charge in [-0.15, -0.1) is 0 Å². The van der Waals surface area contributed by atoms with Crippen LogP contribution in [0.2, 0.25) is 0 Å². The van der Waals surface area contributed by atoms with Crippen LogP contribution in [-0.2, 0) is 0 Å². The van der Waals surface area contributed by atoms with Gasteiger partial charge in [-0.2, -0.15) is 0 Å². The summed E-state index contributed by atoms with van der Waals surface area (Å²) >= 11 is 5.25. The van der Waals surface area contributed by atoms with E-state index in [1.54, 1.807) is 0 Å². The van der Waals surface area contributed by atoms with Crippen LogP contribution in [0, 0.1) is 0 Å². The molecule has 19 heavy (non-hydrogen) atoms. The Balaban J connectivity index is 0.00000162. The van der Waals surface area contributed by atoms with Crippen LogP contribution < -0.4 is 35.4 Å². The van der Waals surface area contributed by atoms with Crippen molar-refractivity contribution in [1.29, 1.82) is 0 Å². The molecule has 0 spiro atoms. The summed E-state index contributed by atoms with van der Waals surface area (Å²) in [7, 11) is 0. The minimum Gasteiger partial charge on any atom is -1.00 e. The molecule has 2 rings (SSSR count). The fourth-order valence-corrected chi connectivity index (χ4v) is 10.3. The molecule has 0 saturated carbocycles. The minimum atomic E-state index is -1.67. The topological polar surface area (TPSA) is 0 Å². The molecule has 0 bridgehead atoms. The Labute approximate surface area is 140 Å². The van der Waals surface area contributed by atoms with Crippen LogP contribution in [0.3, 0.4) is 0 Å². The smallest absolute Gasteiger partial charge is 1.00 e. The van der Waals surface area contributed by atoms with E-state index in [1.807, 2.05) is 0 Å². The maximum Gasteiger partial charge on any atom is -1.00 e. The van der Waals surface area contributed by atoms with Gasteiger partial charge < -0.3 is 24.8 Å².